The Hall–Kier alpha value is -1.51. The van der Waals surface area contributed by atoms with Crippen molar-refractivity contribution in [3.8, 4) is 5.75 Å². The van der Waals surface area contributed by atoms with Gasteiger partial charge in [-0.05, 0) is 38.0 Å². The van der Waals surface area contributed by atoms with Crippen molar-refractivity contribution in [3.05, 3.63) is 29.3 Å². The molecule has 3 nitrogen and oxygen atoms in total. The number of hydrogen-bond donors (Lipinski definition) is 1. The zero-order valence-corrected chi connectivity index (χ0v) is 9.63. The van der Waals surface area contributed by atoms with Crippen LogP contribution in [0.25, 0.3) is 0 Å². The fraction of sp³-hybridized carbons (Fsp3) is 0.417. The number of ether oxygens (including phenoxy) is 1. The number of nitrogens with one attached hydrogen (secondary N) is 1. The summed E-state index contributed by atoms with van der Waals surface area (Å²) in [6, 6.07) is 5.82. The Bertz CT molecular complexity index is 361. The maximum absolute atomic E-state index is 11.3. The van der Waals surface area contributed by atoms with Gasteiger partial charge in [0, 0.05) is 7.05 Å². The van der Waals surface area contributed by atoms with Gasteiger partial charge >= 0.3 is 0 Å². The predicted octanol–water partition coefficient (Wildman–Crippen LogP) is 1.82. The van der Waals surface area contributed by atoms with Crippen molar-refractivity contribution < 1.29 is 9.53 Å². The number of carbonyl (C=O) groups excluding carboxylic acids is 1. The number of aryl methyl sites for hydroxylation is 1. The zero-order chi connectivity index (χ0) is 11.4. The van der Waals surface area contributed by atoms with Gasteiger partial charge in [-0.1, -0.05) is 12.1 Å². The predicted molar refractivity (Wildman–Crippen MR) is 60.1 cm³/mol. The van der Waals surface area contributed by atoms with Gasteiger partial charge < -0.3 is 10.1 Å². The minimum absolute atomic E-state index is 0.115. The van der Waals surface area contributed by atoms with Gasteiger partial charge in [0.05, 0.1) is 0 Å². The maximum atomic E-state index is 11.3. The van der Waals surface area contributed by atoms with Crippen LogP contribution >= 0.6 is 0 Å². The summed E-state index contributed by atoms with van der Waals surface area (Å²) in [6.07, 6.45) is -0.463. The molecule has 1 atom stereocenters. The van der Waals surface area contributed by atoms with Crippen LogP contribution < -0.4 is 10.1 Å². The summed E-state index contributed by atoms with van der Waals surface area (Å²) in [5.41, 5.74) is 2.24. The van der Waals surface area contributed by atoms with Gasteiger partial charge in [0.25, 0.3) is 5.91 Å². The third kappa shape index (κ3) is 2.72. The molecular formula is C12H17NO2. The third-order valence-electron chi connectivity index (χ3n) is 2.47. The summed E-state index contributed by atoms with van der Waals surface area (Å²) >= 11 is 0. The smallest absolute Gasteiger partial charge is 0.260 e. The quantitative estimate of drug-likeness (QED) is 0.821. The SMILES string of the molecule is CNC(=O)C(C)Oc1cccc(C)c1C. The second kappa shape index (κ2) is 4.82. The van der Waals surface area contributed by atoms with E-state index in [1.165, 1.54) is 0 Å². The minimum Gasteiger partial charge on any atom is -0.481 e. The molecule has 82 valence electrons. The van der Waals surface area contributed by atoms with Crippen molar-refractivity contribution in [2.75, 3.05) is 7.05 Å². The molecule has 0 fully saturated rings. The molecule has 0 radical (unpaired) electrons. The number of rotatable bonds is 3. The van der Waals surface area contributed by atoms with Gasteiger partial charge in [-0.3, -0.25) is 4.79 Å². The Kier molecular flexibility index (Phi) is 3.72. The molecule has 1 N–H and O–H groups in total. The molecule has 0 spiro atoms. The van der Waals surface area contributed by atoms with Crippen LogP contribution in [0.3, 0.4) is 0 Å². The molecule has 1 amide bonds. The molecule has 0 aromatic heterocycles. The monoisotopic (exact) mass is 207 g/mol. The summed E-state index contributed by atoms with van der Waals surface area (Å²) in [7, 11) is 1.60. The lowest BCUT2D eigenvalue weighted by molar-refractivity contribution is -0.126. The van der Waals surface area contributed by atoms with Crippen LogP contribution in [0, 0.1) is 13.8 Å². The second-order valence-electron chi connectivity index (χ2n) is 3.57. The first-order valence-corrected chi connectivity index (χ1v) is 5.00. The Labute approximate surface area is 90.4 Å². The molecule has 1 unspecified atom stereocenters. The van der Waals surface area contributed by atoms with Crippen molar-refractivity contribution >= 4 is 5.91 Å². The lowest BCUT2D eigenvalue weighted by atomic mass is 10.1. The molecule has 1 aromatic rings. The second-order valence-corrected chi connectivity index (χ2v) is 3.57. The number of likely N-dealkylation sites (N-methyl/N-ethyl adjacent to an activating group) is 1. The highest BCUT2D eigenvalue weighted by Gasteiger charge is 2.13. The lowest BCUT2D eigenvalue weighted by Crippen LogP contribution is -2.33. The average Bonchev–Trinajstić information content (AvgIpc) is 2.23. The maximum Gasteiger partial charge on any atom is 0.260 e. The van der Waals surface area contributed by atoms with E-state index in [1.807, 2.05) is 32.0 Å². The van der Waals surface area contributed by atoms with Gasteiger partial charge in [-0.25, -0.2) is 0 Å². The molecule has 3 heteroatoms. The summed E-state index contributed by atoms with van der Waals surface area (Å²) in [5.74, 6) is 0.655. The first-order valence-electron chi connectivity index (χ1n) is 5.00. The topological polar surface area (TPSA) is 38.3 Å². The van der Waals surface area contributed by atoms with Gasteiger partial charge in [0.2, 0.25) is 0 Å². The zero-order valence-electron chi connectivity index (χ0n) is 9.63. The third-order valence-corrected chi connectivity index (χ3v) is 2.47. The van der Waals surface area contributed by atoms with Crippen LogP contribution in [-0.4, -0.2) is 19.1 Å². The van der Waals surface area contributed by atoms with E-state index in [0.29, 0.717) is 0 Å². The van der Waals surface area contributed by atoms with Crippen LogP contribution in [0.2, 0.25) is 0 Å². The Morgan fingerprint density at radius 1 is 1.40 bits per heavy atom. The van der Waals surface area contributed by atoms with E-state index in [9.17, 15) is 4.79 Å². The van der Waals surface area contributed by atoms with Gasteiger partial charge in [-0.15, -0.1) is 0 Å². The molecular weight excluding hydrogens is 190 g/mol. The number of amides is 1. The summed E-state index contributed by atoms with van der Waals surface area (Å²) in [4.78, 5) is 11.3. The van der Waals surface area contributed by atoms with Crippen molar-refractivity contribution in [1.82, 2.24) is 5.32 Å². The van der Waals surface area contributed by atoms with Gasteiger partial charge in [0.15, 0.2) is 6.10 Å². The van der Waals surface area contributed by atoms with Gasteiger partial charge in [-0.2, -0.15) is 0 Å². The Morgan fingerprint density at radius 2 is 2.07 bits per heavy atom. The van der Waals surface area contributed by atoms with E-state index in [1.54, 1.807) is 14.0 Å². The van der Waals surface area contributed by atoms with Crippen molar-refractivity contribution in [2.24, 2.45) is 0 Å². The van der Waals surface area contributed by atoms with Crippen LogP contribution in [0.4, 0.5) is 0 Å². The summed E-state index contributed by atoms with van der Waals surface area (Å²) in [6.45, 7) is 5.74. The Balaban J connectivity index is 2.81. The normalized spacial score (nSPS) is 12.0. The lowest BCUT2D eigenvalue weighted by Gasteiger charge is -2.15. The first kappa shape index (κ1) is 11.6. The molecule has 0 saturated heterocycles. The van der Waals surface area contributed by atoms with Crippen LogP contribution in [0.1, 0.15) is 18.1 Å². The molecule has 0 aliphatic rings. The molecule has 15 heavy (non-hydrogen) atoms. The molecule has 0 heterocycles. The molecule has 0 aliphatic carbocycles. The number of carbonyl (C=O) groups is 1. The van der Waals surface area contributed by atoms with Crippen LogP contribution in [0.5, 0.6) is 5.75 Å². The Morgan fingerprint density at radius 3 is 2.67 bits per heavy atom. The van der Waals surface area contributed by atoms with E-state index >= 15 is 0 Å². The fourth-order valence-corrected chi connectivity index (χ4v) is 1.30. The highest BCUT2D eigenvalue weighted by molar-refractivity contribution is 5.80. The standard InChI is InChI=1S/C12H17NO2/c1-8-6-5-7-11(9(8)2)15-10(3)12(14)13-4/h5-7,10H,1-4H3,(H,13,14). The molecule has 0 bridgehead atoms. The van der Waals surface area contributed by atoms with E-state index in [4.69, 9.17) is 4.74 Å². The molecule has 0 aliphatic heterocycles. The van der Waals surface area contributed by atoms with Crippen molar-refractivity contribution in [2.45, 2.75) is 26.9 Å². The first-order chi connectivity index (χ1) is 7.06. The number of benzene rings is 1. The number of hydrogen-bond acceptors (Lipinski definition) is 2. The van der Waals surface area contributed by atoms with Crippen LogP contribution in [0.15, 0.2) is 18.2 Å². The van der Waals surface area contributed by atoms with E-state index < -0.39 is 6.10 Å². The van der Waals surface area contributed by atoms with E-state index in [2.05, 4.69) is 5.32 Å². The van der Waals surface area contributed by atoms with Gasteiger partial charge in [0.1, 0.15) is 5.75 Å². The highest BCUT2D eigenvalue weighted by Crippen LogP contribution is 2.21. The molecule has 1 rings (SSSR count). The van der Waals surface area contributed by atoms with E-state index in [0.717, 1.165) is 16.9 Å². The minimum atomic E-state index is -0.463. The highest BCUT2D eigenvalue weighted by atomic mass is 16.5. The summed E-state index contributed by atoms with van der Waals surface area (Å²) < 4.78 is 5.57. The molecule has 1 aromatic carbocycles. The fourth-order valence-electron chi connectivity index (χ4n) is 1.30. The van der Waals surface area contributed by atoms with E-state index in [-0.39, 0.29) is 5.91 Å². The van der Waals surface area contributed by atoms with Crippen LogP contribution in [-0.2, 0) is 4.79 Å². The summed E-state index contributed by atoms with van der Waals surface area (Å²) in [5, 5.41) is 2.56. The van der Waals surface area contributed by atoms with Crippen molar-refractivity contribution in [3.63, 3.8) is 0 Å². The van der Waals surface area contributed by atoms with Crippen molar-refractivity contribution in [1.29, 1.82) is 0 Å². The molecule has 0 saturated carbocycles. The largest absolute Gasteiger partial charge is 0.481 e. The average molecular weight is 207 g/mol.